The lowest BCUT2D eigenvalue weighted by atomic mass is 10.0. The minimum atomic E-state index is -6.16. The van der Waals surface area contributed by atoms with E-state index in [1.54, 1.807) is 0 Å². The molecule has 206 valence electrons. The number of nitrogens with zero attached hydrogens (tertiary/aromatic N) is 3. The van der Waals surface area contributed by atoms with Gasteiger partial charge in [0.2, 0.25) is 0 Å². The Morgan fingerprint density at radius 1 is 1.05 bits per heavy atom. The number of nitro benzene ring substituents is 1. The molecule has 0 spiro atoms. The average molecular weight is 570 g/mol. The molecule has 0 amide bonds. The number of anilines is 1. The Labute approximate surface area is 208 Å². The summed E-state index contributed by atoms with van der Waals surface area (Å²) in [7, 11) is -3.99. The van der Waals surface area contributed by atoms with Crippen LogP contribution >= 0.6 is 0 Å². The molecule has 0 aliphatic heterocycles. The van der Waals surface area contributed by atoms with E-state index in [1.165, 1.54) is 14.0 Å². The van der Waals surface area contributed by atoms with Crippen LogP contribution in [0.4, 0.5) is 37.8 Å². The fourth-order valence-corrected chi connectivity index (χ4v) is 3.76. The van der Waals surface area contributed by atoms with Crippen LogP contribution in [0.1, 0.15) is 24.1 Å². The second kappa shape index (κ2) is 9.66. The first-order valence-electron chi connectivity index (χ1n) is 10.1. The Balaban J connectivity index is 2.19. The van der Waals surface area contributed by atoms with Gasteiger partial charge in [-0.15, -0.1) is 0 Å². The molecule has 1 heterocycles. The SMILES string of the molecule is COc1cc2c(=O)n(C)nc(NC(C)c3cc([N+](=O)[O-])cc(C(F)(F)F)c3)c2cc1OS(=O)(=O)C(F)(F)F. The van der Waals surface area contributed by atoms with Gasteiger partial charge in [0, 0.05) is 24.6 Å². The van der Waals surface area contributed by atoms with E-state index in [0.717, 1.165) is 30.0 Å². The minimum Gasteiger partial charge on any atom is -0.493 e. The van der Waals surface area contributed by atoms with E-state index in [9.17, 15) is 49.7 Å². The number of methoxy groups -OCH3 is 1. The average Bonchev–Trinajstić information content (AvgIpc) is 2.80. The quantitative estimate of drug-likeness (QED) is 0.145. The van der Waals surface area contributed by atoms with Crippen LogP contribution in [0.5, 0.6) is 11.5 Å². The first-order valence-corrected chi connectivity index (χ1v) is 11.5. The van der Waals surface area contributed by atoms with Crippen LogP contribution in [0, 0.1) is 10.1 Å². The van der Waals surface area contributed by atoms with Crippen LogP contribution in [0.25, 0.3) is 10.8 Å². The minimum absolute atomic E-state index is 0.222. The number of alkyl halides is 6. The highest BCUT2D eigenvalue weighted by atomic mass is 32.2. The van der Waals surface area contributed by atoms with Crippen LogP contribution in [0.3, 0.4) is 0 Å². The highest BCUT2D eigenvalue weighted by molar-refractivity contribution is 7.88. The summed E-state index contributed by atoms with van der Waals surface area (Å²) in [5.41, 5.74) is -8.99. The molecule has 11 nitrogen and oxygen atoms in total. The fourth-order valence-electron chi connectivity index (χ4n) is 3.30. The maximum absolute atomic E-state index is 13.3. The third-order valence-electron chi connectivity index (χ3n) is 5.15. The van der Waals surface area contributed by atoms with E-state index in [0.29, 0.717) is 12.1 Å². The first-order chi connectivity index (χ1) is 17.4. The van der Waals surface area contributed by atoms with Crippen molar-refractivity contribution in [2.24, 2.45) is 7.05 Å². The molecule has 18 heteroatoms. The Morgan fingerprint density at radius 3 is 2.18 bits per heavy atom. The van der Waals surface area contributed by atoms with Gasteiger partial charge in [0.05, 0.1) is 29.0 Å². The number of rotatable bonds is 7. The summed E-state index contributed by atoms with van der Waals surface area (Å²) < 4.78 is 111. The van der Waals surface area contributed by atoms with Crippen molar-refractivity contribution < 1.29 is 48.6 Å². The lowest BCUT2D eigenvalue weighted by Crippen LogP contribution is -2.28. The molecule has 0 aliphatic carbocycles. The van der Waals surface area contributed by atoms with Crippen molar-refractivity contribution in [2.75, 3.05) is 12.4 Å². The number of non-ortho nitro benzene ring substituents is 1. The Bertz CT molecular complexity index is 1590. The molecule has 0 saturated carbocycles. The van der Waals surface area contributed by atoms with Crippen LogP contribution in [0.2, 0.25) is 0 Å². The first kappa shape index (κ1) is 28.5. The van der Waals surface area contributed by atoms with Gasteiger partial charge in [0.1, 0.15) is 0 Å². The third kappa shape index (κ3) is 5.58. The molecule has 0 bridgehead atoms. The number of nitro groups is 1. The molecule has 38 heavy (non-hydrogen) atoms. The van der Waals surface area contributed by atoms with E-state index < -0.39 is 61.1 Å². The normalized spacial score (nSPS) is 13.3. The molecular formula is C20H16F6N4O7S. The van der Waals surface area contributed by atoms with E-state index in [2.05, 4.69) is 14.6 Å². The largest absolute Gasteiger partial charge is 0.534 e. The maximum Gasteiger partial charge on any atom is 0.534 e. The number of hydrogen-bond donors (Lipinski definition) is 1. The van der Waals surface area contributed by atoms with Gasteiger partial charge in [-0.05, 0) is 30.7 Å². The summed E-state index contributed by atoms with van der Waals surface area (Å²) in [4.78, 5) is 22.8. The molecule has 0 radical (unpaired) electrons. The zero-order valence-corrected chi connectivity index (χ0v) is 20.2. The molecule has 2 aromatic carbocycles. The summed E-state index contributed by atoms with van der Waals surface area (Å²) in [6, 6.07) is 2.32. The predicted octanol–water partition coefficient (Wildman–Crippen LogP) is 4.27. The number of fused-ring (bicyclic) bond motifs is 1. The van der Waals surface area contributed by atoms with E-state index in [-0.39, 0.29) is 22.2 Å². The van der Waals surface area contributed by atoms with Crippen molar-refractivity contribution in [2.45, 2.75) is 24.7 Å². The van der Waals surface area contributed by atoms with Crippen molar-refractivity contribution in [3.8, 4) is 11.5 Å². The molecular weight excluding hydrogens is 554 g/mol. The van der Waals surface area contributed by atoms with Gasteiger partial charge in [-0.25, -0.2) is 4.68 Å². The van der Waals surface area contributed by atoms with Crippen molar-refractivity contribution in [3.05, 3.63) is 61.9 Å². The second-order valence-electron chi connectivity index (χ2n) is 7.74. The Hall–Kier alpha value is -4.09. The smallest absolute Gasteiger partial charge is 0.493 e. The summed E-state index contributed by atoms with van der Waals surface area (Å²) in [6.07, 6.45) is -4.92. The number of aromatic nitrogens is 2. The number of nitrogens with one attached hydrogen (secondary N) is 1. The second-order valence-corrected chi connectivity index (χ2v) is 9.28. The van der Waals surface area contributed by atoms with Crippen LogP contribution in [-0.2, 0) is 23.3 Å². The van der Waals surface area contributed by atoms with Gasteiger partial charge >= 0.3 is 21.8 Å². The molecule has 0 saturated heterocycles. The molecule has 1 unspecified atom stereocenters. The summed E-state index contributed by atoms with van der Waals surface area (Å²) >= 11 is 0. The van der Waals surface area contributed by atoms with Gasteiger partial charge in [0.25, 0.3) is 11.2 Å². The van der Waals surface area contributed by atoms with Crippen LogP contribution < -0.4 is 19.8 Å². The van der Waals surface area contributed by atoms with E-state index in [4.69, 9.17) is 4.74 Å². The van der Waals surface area contributed by atoms with Gasteiger partial charge in [-0.1, -0.05) is 0 Å². The topological polar surface area (TPSA) is 143 Å². The van der Waals surface area contributed by atoms with Crippen LogP contribution in [0.15, 0.2) is 35.1 Å². The highest BCUT2D eigenvalue weighted by Gasteiger charge is 2.49. The molecule has 0 fully saturated rings. The maximum atomic E-state index is 13.3. The van der Waals surface area contributed by atoms with Crippen molar-refractivity contribution >= 4 is 32.4 Å². The summed E-state index contributed by atoms with van der Waals surface area (Å²) in [5.74, 6) is -1.81. The third-order valence-corrected chi connectivity index (χ3v) is 6.11. The number of benzene rings is 2. The predicted molar refractivity (Wildman–Crippen MR) is 119 cm³/mol. The molecule has 1 N–H and O–H groups in total. The van der Waals surface area contributed by atoms with Gasteiger partial charge < -0.3 is 14.2 Å². The van der Waals surface area contributed by atoms with E-state index >= 15 is 0 Å². The van der Waals surface area contributed by atoms with Gasteiger partial charge in [-0.2, -0.15) is 39.9 Å². The lowest BCUT2D eigenvalue weighted by Gasteiger charge is -2.19. The number of halogens is 6. The van der Waals surface area contributed by atoms with Crippen LogP contribution in [-0.4, -0.2) is 35.7 Å². The standard InChI is InChI=1S/C20H16F6N4O7S/c1-9(10-4-11(19(21,22)23)6-12(5-10)30(32)33)27-17-13-7-16(37-38(34,35)20(24,25)26)15(36-3)8-14(13)18(31)29(2)28-17/h4-9H,1-3H3,(H,27,28). The van der Waals surface area contributed by atoms with Gasteiger partial charge in [0.15, 0.2) is 17.3 Å². The number of aryl methyl sites for hydroxylation is 1. The molecule has 3 aromatic rings. The van der Waals surface area contributed by atoms with Crippen molar-refractivity contribution in [1.29, 1.82) is 0 Å². The Morgan fingerprint density at radius 2 is 1.66 bits per heavy atom. The molecule has 1 aromatic heterocycles. The van der Waals surface area contributed by atoms with Crippen molar-refractivity contribution in [1.82, 2.24) is 9.78 Å². The molecule has 0 aliphatic rings. The fraction of sp³-hybridized carbons (Fsp3) is 0.300. The molecule has 3 rings (SSSR count). The lowest BCUT2D eigenvalue weighted by molar-refractivity contribution is -0.385. The summed E-state index contributed by atoms with van der Waals surface area (Å²) in [6.45, 7) is 1.30. The van der Waals surface area contributed by atoms with E-state index in [1.807, 2.05) is 0 Å². The van der Waals surface area contributed by atoms with Crippen molar-refractivity contribution in [3.63, 3.8) is 0 Å². The highest BCUT2D eigenvalue weighted by Crippen LogP contribution is 2.38. The monoisotopic (exact) mass is 570 g/mol. The molecule has 1 atom stereocenters. The van der Waals surface area contributed by atoms with Gasteiger partial charge in [-0.3, -0.25) is 14.9 Å². The Kier molecular flexibility index (Phi) is 7.24. The zero-order chi connectivity index (χ0) is 28.8. The zero-order valence-electron chi connectivity index (χ0n) is 19.3. The number of hydrogen-bond acceptors (Lipinski definition) is 9. The number of ether oxygens (including phenoxy) is 1. The summed E-state index contributed by atoms with van der Waals surface area (Å²) in [5, 5.41) is 17.2.